The van der Waals surface area contributed by atoms with Gasteiger partial charge in [-0.15, -0.1) is 0 Å². The van der Waals surface area contributed by atoms with Gasteiger partial charge in [0.25, 0.3) is 11.8 Å². The monoisotopic (exact) mass is 453 g/mol. The maximum absolute atomic E-state index is 13.8. The van der Waals surface area contributed by atoms with E-state index in [9.17, 15) is 9.59 Å². The first-order valence-corrected chi connectivity index (χ1v) is 11.3. The summed E-state index contributed by atoms with van der Waals surface area (Å²) in [5, 5.41) is 0. The van der Waals surface area contributed by atoms with E-state index >= 15 is 0 Å². The second kappa shape index (κ2) is 8.71. The number of carbonyl (C=O) groups excluding carboxylic acids is 2. The molecule has 0 atom stereocenters. The molecule has 172 valence electrons. The molecule has 5 rings (SSSR count). The molecule has 6 heteroatoms. The van der Waals surface area contributed by atoms with Crippen LogP contribution in [0.15, 0.2) is 78.5 Å². The fraction of sp³-hybridized carbons (Fsp3) is 0.214. The number of hydrogen-bond acceptors (Lipinski definition) is 5. The van der Waals surface area contributed by atoms with Gasteiger partial charge in [-0.2, -0.15) is 0 Å². The lowest BCUT2D eigenvalue weighted by Gasteiger charge is -2.31. The third-order valence-electron chi connectivity index (χ3n) is 6.51. The Kier molecular flexibility index (Phi) is 5.57. The van der Waals surface area contributed by atoms with Crippen molar-refractivity contribution in [2.75, 3.05) is 37.5 Å². The predicted octanol–water partition coefficient (Wildman–Crippen LogP) is 4.10. The summed E-state index contributed by atoms with van der Waals surface area (Å²) in [6.07, 6.45) is 0.828. The van der Waals surface area contributed by atoms with E-state index in [2.05, 4.69) is 17.0 Å². The number of ether oxygens (including phenoxy) is 1. The van der Waals surface area contributed by atoms with Crippen molar-refractivity contribution in [3.8, 4) is 5.75 Å². The normalized spacial score (nSPS) is 15.6. The van der Waals surface area contributed by atoms with Crippen LogP contribution in [-0.2, 0) is 22.6 Å². The smallest absolute Gasteiger partial charge is 0.282 e. The molecule has 0 bridgehead atoms. The van der Waals surface area contributed by atoms with Gasteiger partial charge < -0.3 is 14.5 Å². The molecule has 0 unspecified atom stereocenters. The molecule has 2 aliphatic heterocycles. The zero-order valence-corrected chi connectivity index (χ0v) is 19.6. The standard InChI is InChI=1S/C28H27N3O3/c1-29(2)22-10-12-23(13-11-22)31-27(32)25(20-8-14-24(34-3)15-9-20)26(28(31)33)30-17-16-19-6-4-5-7-21(19)18-30/h4-15H,16-18H2,1-3H3. The van der Waals surface area contributed by atoms with Crippen LogP contribution in [0.3, 0.4) is 0 Å². The maximum atomic E-state index is 13.8. The van der Waals surface area contributed by atoms with Gasteiger partial charge in [0.1, 0.15) is 11.4 Å². The van der Waals surface area contributed by atoms with Crippen LogP contribution in [0.5, 0.6) is 5.75 Å². The molecule has 0 aromatic heterocycles. The average molecular weight is 454 g/mol. The third kappa shape index (κ3) is 3.71. The van der Waals surface area contributed by atoms with E-state index in [0.29, 0.717) is 41.4 Å². The number of benzene rings is 3. The van der Waals surface area contributed by atoms with Crippen molar-refractivity contribution in [2.45, 2.75) is 13.0 Å². The number of rotatable bonds is 5. The van der Waals surface area contributed by atoms with Crippen LogP contribution in [0.1, 0.15) is 16.7 Å². The average Bonchev–Trinajstić information content (AvgIpc) is 3.13. The van der Waals surface area contributed by atoms with Crippen molar-refractivity contribution < 1.29 is 14.3 Å². The van der Waals surface area contributed by atoms with Crippen molar-refractivity contribution in [2.24, 2.45) is 0 Å². The Hall–Kier alpha value is -4.06. The summed E-state index contributed by atoms with van der Waals surface area (Å²) in [4.78, 5) is 32.9. The lowest BCUT2D eigenvalue weighted by molar-refractivity contribution is -0.120. The lowest BCUT2D eigenvalue weighted by atomic mass is 9.98. The van der Waals surface area contributed by atoms with Crippen LogP contribution < -0.4 is 14.5 Å². The molecule has 0 N–H and O–H groups in total. The van der Waals surface area contributed by atoms with Gasteiger partial charge in [0, 0.05) is 32.9 Å². The maximum Gasteiger partial charge on any atom is 0.282 e. The Morgan fingerprint density at radius 2 is 1.50 bits per heavy atom. The molecule has 2 amide bonds. The highest BCUT2D eigenvalue weighted by Gasteiger charge is 2.43. The van der Waals surface area contributed by atoms with Gasteiger partial charge in [0.05, 0.1) is 18.4 Å². The van der Waals surface area contributed by atoms with E-state index in [1.807, 2.05) is 79.7 Å². The molecular weight excluding hydrogens is 426 g/mol. The van der Waals surface area contributed by atoms with Crippen LogP contribution >= 0.6 is 0 Å². The molecule has 0 aliphatic carbocycles. The minimum atomic E-state index is -0.304. The van der Waals surface area contributed by atoms with Crippen molar-refractivity contribution in [1.82, 2.24) is 4.90 Å². The molecule has 0 radical (unpaired) electrons. The van der Waals surface area contributed by atoms with Crippen LogP contribution in [0, 0.1) is 0 Å². The van der Waals surface area contributed by atoms with Gasteiger partial charge in [0.15, 0.2) is 0 Å². The summed E-state index contributed by atoms with van der Waals surface area (Å²) in [5.41, 5.74) is 5.64. The second-order valence-electron chi connectivity index (χ2n) is 8.75. The van der Waals surface area contributed by atoms with Crippen molar-refractivity contribution in [3.05, 3.63) is 95.2 Å². The molecule has 3 aromatic rings. The van der Waals surface area contributed by atoms with Crippen LogP contribution in [0.2, 0.25) is 0 Å². The summed E-state index contributed by atoms with van der Waals surface area (Å²) in [5.74, 6) is 0.111. The number of fused-ring (bicyclic) bond motifs is 1. The Morgan fingerprint density at radius 3 is 2.15 bits per heavy atom. The molecule has 0 saturated heterocycles. The molecule has 0 saturated carbocycles. The third-order valence-corrected chi connectivity index (χ3v) is 6.51. The fourth-order valence-corrected chi connectivity index (χ4v) is 4.65. The van der Waals surface area contributed by atoms with Gasteiger partial charge in [-0.25, -0.2) is 4.90 Å². The second-order valence-corrected chi connectivity index (χ2v) is 8.75. The molecule has 0 fully saturated rings. The van der Waals surface area contributed by atoms with Crippen LogP contribution in [0.4, 0.5) is 11.4 Å². The largest absolute Gasteiger partial charge is 0.497 e. The van der Waals surface area contributed by atoms with Gasteiger partial charge in [-0.3, -0.25) is 9.59 Å². The molecule has 2 heterocycles. The lowest BCUT2D eigenvalue weighted by Crippen LogP contribution is -2.37. The first-order chi connectivity index (χ1) is 16.5. The van der Waals surface area contributed by atoms with E-state index < -0.39 is 0 Å². The number of methoxy groups -OCH3 is 1. The minimum Gasteiger partial charge on any atom is -0.497 e. The van der Waals surface area contributed by atoms with Crippen molar-refractivity contribution >= 4 is 28.8 Å². The number of imide groups is 1. The van der Waals surface area contributed by atoms with Crippen molar-refractivity contribution in [3.63, 3.8) is 0 Å². The molecule has 6 nitrogen and oxygen atoms in total. The molecule has 2 aliphatic rings. The number of amides is 2. The zero-order chi connectivity index (χ0) is 23.8. The SMILES string of the molecule is COc1ccc(C2=C(N3CCc4ccccc4C3)C(=O)N(c3ccc(N(C)C)cc3)C2=O)cc1. The highest BCUT2D eigenvalue weighted by molar-refractivity contribution is 6.45. The van der Waals surface area contributed by atoms with Gasteiger partial charge in [-0.1, -0.05) is 36.4 Å². The van der Waals surface area contributed by atoms with E-state index in [1.54, 1.807) is 7.11 Å². The number of nitrogens with zero attached hydrogens (tertiary/aromatic N) is 3. The summed E-state index contributed by atoms with van der Waals surface area (Å²) < 4.78 is 5.29. The van der Waals surface area contributed by atoms with Gasteiger partial charge in [0.2, 0.25) is 0 Å². The van der Waals surface area contributed by atoms with Crippen molar-refractivity contribution in [1.29, 1.82) is 0 Å². The Morgan fingerprint density at radius 1 is 0.824 bits per heavy atom. The number of anilines is 2. The minimum absolute atomic E-state index is 0.284. The summed E-state index contributed by atoms with van der Waals surface area (Å²) >= 11 is 0. The molecular formula is C28H27N3O3. The fourth-order valence-electron chi connectivity index (χ4n) is 4.65. The Balaban J connectivity index is 1.58. The number of hydrogen-bond donors (Lipinski definition) is 0. The zero-order valence-electron chi connectivity index (χ0n) is 19.6. The Labute approximate surface area is 199 Å². The first kappa shape index (κ1) is 21.8. The summed E-state index contributed by atoms with van der Waals surface area (Å²) in [6, 6.07) is 23.1. The molecule has 0 spiro atoms. The van der Waals surface area contributed by atoms with E-state index in [1.165, 1.54) is 16.0 Å². The van der Waals surface area contributed by atoms with E-state index in [4.69, 9.17) is 4.74 Å². The number of carbonyl (C=O) groups is 2. The quantitative estimate of drug-likeness (QED) is 0.545. The Bertz CT molecular complexity index is 1280. The van der Waals surface area contributed by atoms with Gasteiger partial charge in [-0.05, 0) is 59.5 Å². The summed E-state index contributed by atoms with van der Waals surface area (Å²) in [7, 11) is 5.52. The van der Waals surface area contributed by atoms with E-state index in [-0.39, 0.29) is 11.8 Å². The van der Waals surface area contributed by atoms with E-state index in [0.717, 1.165) is 12.1 Å². The first-order valence-electron chi connectivity index (χ1n) is 11.3. The molecule has 34 heavy (non-hydrogen) atoms. The summed E-state index contributed by atoms with van der Waals surface area (Å²) in [6.45, 7) is 1.27. The van der Waals surface area contributed by atoms with Gasteiger partial charge >= 0.3 is 0 Å². The van der Waals surface area contributed by atoms with Crippen LogP contribution in [0.25, 0.3) is 5.57 Å². The highest BCUT2D eigenvalue weighted by atomic mass is 16.5. The van der Waals surface area contributed by atoms with Crippen LogP contribution in [-0.4, -0.2) is 44.5 Å². The predicted molar refractivity (Wildman–Crippen MR) is 134 cm³/mol. The topological polar surface area (TPSA) is 53.1 Å². The molecule has 3 aromatic carbocycles. The highest BCUT2D eigenvalue weighted by Crippen LogP contribution is 2.37.